The van der Waals surface area contributed by atoms with E-state index < -0.39 is 0 Å². The Morgan fingerprint density at radius 2 is 1.63 bits per heavy atom. The van der Waals surface area contributed by atoms with Crippen molar-refractivity contribution in [2.45, 2.75) is 0 Å². The number of guanidine groups is 1. The van der Waals surface area contributed by atoms with Crippen molar-refractivity contribution < 1.29 is 13.9 Å². The van der Waals surface area contributed by atoms with Gasteiger partial charge in [-0.05, 0) is 48.5 Å². The molecule has 1 fully saturated rings. The Bertz CT molecular complexity index is 847. The number of piperazine rings is 1. The average molecular weight is 413 g/mol. The largest absolute Gasteiger partial charge is 0.497 e. The molecule has 1 aliphatic heterocycles. The summed E-state index contributed by atoms with van der Waals surface area (Å²) in [6, 6.07) is 13.6. The molecule has 1 saturated heterocycles. The number of nitrogens with zero attached hydrogens (tertiary/aromatic N) is 3. The summed E-state index contributed by atoms with van der Waals surface area (Å²) in [5.74, 6) is 1.19. The topological polar surface area (TPSA) is 69.2 Å². The number of hydrogen-bond acceptors (Lipinski definition) is 4. The van der Waals surface area contributed by atoms with Gasteiger partial charge in [0.25, 0.3) is 5.91 Å². The van der Waals surface area contributed by atoms with Gasteiger partial charge in [-0.15, -0.1) is 0 Å². The molecule has 1 heterocycles. The van der Waals surface area contributed by atoms with E-state index in [4.69, 9.17) is 4.74 Å². The van der Waals surface area contributed by atoms with Crippen molar-refractivity contribution in [1.29, 1.82) is 0 Å². The molecule has 30 heavy (non-hydrogen) atoms. The second-order valence-electron chi connectivity index (χ2n) is 6.91. The Balaban J connectivity index is 1.40. The lowest BCUT2D eigenvalue weighted by Gasteiger charge is -2.37. The van der Waals surface area contributed by atoms with Crippen molar-refractivity contribution in [3.05, 3.63) is 59.9 Å². The zero-order valence-corrected chi connectivity index (χ0v) is 17.4. The highest BCUT2D eigenvalue weighted by Gasteiger charge is 2.19. The molecule has 7 nitrogen and oxygen atoms in total. The van der Waals surface area contributed by atoms with Gasteiger partial charge in [0.2, 0.25) is 0 Å². The molecular weight excluding hydrogens is 385 g/mol. The second kappa shape index (κ2) is 10.5. The quantitative estimate of drug-likeness (QED) is 0.431. The molecule has 0 spiro atoms. The molecule has 0 radical (unpaired) electrons. The van der Waals surface area contributed by atoms with Crippen molar-refractivity contribution >= 4 is 17.6 Å². The second-order valence-corrected chi connectivity index (χ2v) is 6.91. The summed E-state index contributed by atoms with van der Waals surface area (Å²) in [5.41, 5.74) is 1.62. The maximum atomic E-state index is 13.1. The van der Waals surface area contributed by atoms with Gasteiger partial charge in [0.1, 0.15) is 11.6 Å². The molecule has 0 unspecified atom stereocenters. The maximum absolute atomic E-state index is 13.1. The third kappa shape index (κ3) is 5.62. The number of hydrogen-bond donors (Lipinski definition) is 2. The number of rotatable bonds is 6. The Labute approximate surface area is 176 Å². The number of halogens is 1. The fraction of sp³-hybridized carbons (Fsp3) is 0.364. The van der Waals surface area contributed by atoms with Gasteiger partial charge in [-0.25, -0.2) is 4.39 Å². The van der Waals surface area contributed by atoms with Crippen LogP contribution in [0.15, 0.2) is 53.5 Å². The van der Waals surface area contributed by atoms with E-state index >= 15 is 0 Å². The van der Waals surface area contributed by atoms with Crippen molar-refractivity contribution in [2.75, 3.05) is 58.3 Å². The van der Waals surface area contributed by atoms with E-state index in [9.17, 15) is 9.18 Å². The number of aliphatic imine (C=N–C) groups is 1. The van der Waals surface area contributed by atoms with Crippen molar-refractivity contribution in [3.8, 4) is 5.75 Å². The van der Waals surface area contributed by atoms with E-state index in [2.05, 4.69) is 25.4 Å². The third-order valence-corrected chi connectivity index (χ3v) is 5.03. The Morgan fingerprint density at radius 3 is 2.23 bits per heavy atom. The van der Waals surface area contributed by atoms with Gasteiger partial charge < -0.3 is 25.2 Å². The van der Waals surface area contributed by atoms with Crippen LogP contribution >= 0.6 is 0 Å². The van der Waals surface area contributed by atoms with Crippen molar-refractivity contribution in [1.82, 2.24) is 15.5 Å². The minimum Gasteiger partial charge on any atom is -0.497 e. The molecule has 3 rings (SSSR count). The highest BCUT2D eigenvalue weighted by molar-refractivity contribution is 5.94. The van der Waals surface area contributed by atoms with Crippen LogP contribution < -0.4 is 20.3 Å². The molecule has 0 bridgehead atoms. The lowest BCUT2D eigenvalue weighted by atomic mass is 10.2. The number of benzene rings is 2. The number of methoxy groups -OCH3 is 1. The Morgan fingerprint density at radius 1 is 1.00 bits per heavy atom. The molecule has 0 saturated carbocycles. The van der Waals surface area contributed by atoms with E-state index in [0.29, 0.717) is 18.7 Å². The maximum Gasteiger partial charge on any atom is 0.251 e. The molecule has 0 atom stereocenters. The first kappa shape index (κ1) is 21.4. The van der Waals surface area contributed by atoms with E-state index in [0.717, 1.165) is 43.6 Å². The van der Waals surface area contributed by atoms with Gasteiger partial charge in [-0.2, -0.15) is 0 Å². The summed E-state index contributed by atoms with van der Waals surface area (Å²) >= 11 is 0. The minimum absolute atomic E-state index is 0.123. The van der Waals surface area contributed by atoms with Crippen LogP contribution in [0.2, 0.25) is 0 Å². The summed E-state index contributed by atoms with van der Waals surface area (Å²) in [4.78, 5) is 21.0. The van der Waals surface area contributed by atoms with Crippen LogP contribution in [-0.2, 0) is 0 Å². The van der Waals surface area contributed by atoms with Gasteiger partial charge in [0.15, 0.2) is 5.96 Å². The van der Waals surface area contributed by atoms with Gasteiger partial charge >= 0.3 is 0 Å². The number of anilines is 1. The lowest BCUT2D eigenvalue weighted by Crippen LogP contribution is -2.53. The molecule has 8 heteroatoms. The van der Waals surface area contributed by atoms with Crippen LogP contribution in [0.4, 0.5) is 10.1 Å². The van der Waals surface area contributed by atoms with Crippen LogP contribution in [0.25, 0.3) is 0 Å². The normalized spacial score (nSPS) is 14.4. The fourth-order valence-electron chi connectivity index (χ4n) is 3.36. The van der Waals surface area contributed by atoms with Crippen LogP contribution in [-0.4, -0.2) is 70.2 Å². The summed E-state index contributed by atoms with van der Waals surface area (Å²) in [5, 5.41) is 6.20. The number of ether oxygens (including phenoxy) is 1. The van der Waals surface area contributed by atoms with Crippen LogP contribution in [0, 0.1) is 5.82 Å². The fourth-order valence-corrected chi connectivity index (χ4v) is 3.36. The predicted octanol–water partition coefficient (Wildman–Crippen LogP) is 1.96. The smallest absolute Gasteiger partial charge is 0.251 e. The van der Waals surface area contributed by atoms with Crippen molar-refractivity contribution in [3.63, 3.8) is 0 Å². The Hall–Kier alpha value is -3.29. The molecular formula is C22H28FN5O2. The molecule has 0 aromatic heterocycles. The molecule has 0 aliphatic carbocycles. The summed E-state index contributed by atoms with van der Waals surface area (Å²) in [6.07, 6.45) is 0. The van der Waals surface area contributed by atoms with E-state index in [1.807, 2.05) is 12.1 Å². The number of carbonyl (C=O) groups is 1. The summed E-state index contributed by atoms with van der Waals surface area (Å²) in [7, 11) is 3.35. The minimum atomic E-state index is -0.221. The first-order chi connectivity index (χ1) is 14.6. The standard InChI is InChI=1S/C22H28FN5O2/c1-24-22(26-12-11-25-21(29)17-3-9-20(30-2)10-4-17)28-15-13-27(14-16-28)19-7-5-18(23)6-8-19/h3-10H,11-16H2,1-2H3,(H,24,26)(H,25,29). The molecule has 2 aromatic carbocycles. The Kier molecular flexibility index (Phi) is 7.48. The molecule has 1 amide bonds. The highest BCUT2D eigenvalue weighted by atomic mass is 19.1. The molecule has 1 aliphatic rings. The predicted molar refractivity (Wildman–Crippen MR) is 117 cm³/mol. The first-order valence-electron chi connectivity index (χ1n) is 9.99. The number of nitrogens with one attached hydrogen (secondary N) is 2. The zero-order valence-electron chi connectivity index (χ0n) is 17.4. The van der Waals surface area contributed by atoms with Crippen LogP contribution in [0.5, 0.6) is 5.75 Å². The summed E-state index contributed by atoms with van der Waals surface area (Å²) in [6.45, 7) is 4.36. The summed E-state index contributed by atoms with van der Waals surface area (Å²) < 4.78 is 18.2. The van der Waals surface area contributed by atoms with Gasteiger partial charge in [-0.1, -0.05) is 0 Å². The molecule has 2 N–H and O–H groups in total. The third-order valence-electron chi connectivity index (χ3n) is 5.03. The van der Waals surface area contributed by atoms with Crippen molar-refractivity contribution in [2.24, 2.45) is 4.99 Å². The molecule has 2 aromatic rings. The van der Waals surface area contributed by atoms with E-state index in [-0.39, 0.29) is 11.7 Å². The monoisotopic (exact) mass is 413 g/mol. The molecule has 160 valence electrons. The highest BCUT2D eigenvalue weighted by Crippen LogP contribution is 2.17. The zero-order chi connectivity index (χ0) is 21.3. The SMILES string of the molecule is CN=C(NCCNC(=O)c1ccc(OC)cc1)N1CCN(c2ccc(F)cc2)CC1. The van der Waals surface area contributed by atoms with Gasteiger partial charge in [0.05, 0.1) is 7.11 Å². The van der Waals surface area contributed by atoms with Crippen LogP contribution in [0.3, 0.4) is 0 Å². The number of carbonyl (C=O) groups excluding carboxylic acids is 1. The van der Waals surface area contributed by atoms with E-state index in [1.54, 1.807) is 38.4 Å². The average Bonchev–Trinajstić information content (AvgIpc) is 2.80. The number of amides is 1. The first-order valence-corrected chi connectivity index (χ1v) is 9.99. The van der Waals surface area contributed by atoms with E-state index in [1.165, 1.54) is 12.1 Å². The van der Waals surface area contributed by atoms with Gasteiger partial charge in [-0.3, -0.25) is 9.79 Å². The van der Waals surface area contributed by atoms with Crippen LogP contribution in [0.1, 0.15) is 10.4 Å². The van der Waals surface area contributed by atoms with Gasteiger partial charge in [0, 0.05) is 57.6 Å². The lowest BCUT2D eigenvalue weighted by molar-refractivity contribution is 0.0954.